The van der Waals surface area contributed by atoms with Crippen LogP contribution in [0.2, 0.25) is 0 Å². The third-order valence-electron chi connectivity index (χ3n) is 7.11. The molecule has 6 heteroatoms. The molecule has 3 aromatic rings. The maximum absolute atomic E-state index is 13.3. The van der Waals surface area contributed by atoms with Crippen molar-refractivity contribution < 1.29 is 23.9 Å². The van der Waals surface area contributed by atoms with Crippen LogP contribution in [0.3, 0.4) is 0 Å². The Balaban J connectivity index is 1.40. The van der Waals surface area contributed by atoms with Crippen LogP contribution in [0.25, 0.3) is 0 Å². The van der Waals surface area contributed by atoms with Gasteiger partial charge in [0.25, 0.3) is 5.91 Å². The van der Waals surface area contributed by atoms with Gasteiger partial charge in [-0.1, -0.05) is 43.2 Å². The largest absolute Gasteiger partial charge is 0.493 e. The fourth-order valence-electron chi connectivity index (χ4n) is 5.28. The number of rotatable bonds is 5. The van der Waals surface area contributed by atoms with E-state index in [-0.39, 0.29) is 35.0 Å². The summed E-state index contributed by atoms with van der Waals surface area (Å²) < 4.78 is 10.8. The second kappa shape index (κ2) is 9.37. The van der Waals surface area contributed by atoms with Crippen molar-refractivity contribution >= 4 is 17.5 Å². The van der Waals surface area contributed by atoms with Gasteiger partial charge in [0.05, 0.1) is 14.2 Å². The highest BCUT2D eigenvalue weighted by Crippen LogP contribution is 2.38. The van der Waals surface area contributed by atoms with Gasteiger partial charge in [0, 0.05) is 39.8 Å². The molecule has 35 heavy (non-hydrogen) atoms. The Morgan fingerprint density at radius 2 is 1.43 bits per heavy atom. The molecule has 0 saturated heterocycles. The summed E-state index contributed by atoms with van der Waals surface area (Å²) in [4.78, 5) is 39.2. The second-order valence-electron chi connectivity index (χ2n) is 9.05. The van der Waals surface area contributed by atoms with Gasteiger partial charge in [0.15, 0.2) is 23.1 Å². The minimum Gasteiger partial charge on any atom is -0.493 e. The van der Waals surface area contributed by atoms with Crippen LogP contribution in [0.1, 0.15) is 79.4 Å². The zero-order valence-electron chi connectivity index (χ0n) is 19.8. The lowest BCUT2D eigenvalue weighted by Gasteiger charge is -2.33. The monoisotopic (exact) mass is 469 g/mol. The van der Waals surface area contributed by atoms with Gasteiger partial charge in [-0.3, -0.25) is 14.4 Å². The highest BCUT2D eigenvalue weighted by molar-refractivity contribution is 6.28. The summed E-state index contributed by atoms with van der Waals surface area (Å²) in [5, 5.41) is 3.19. The lowest BCUT2D eigenvalue weighted by Crippen LogP contribution is -2.41. The van der Waals surface area contributed by atoms with E-state index in [1.165, 1.54) is 0 Å². The molecule has 0 radical (unpaired) electrons. The predicted molar refractivity (Wildman–Crippen MR) is 132 cm³/mol. The van der Waals surface area contributed by atoms with Gasteiger partial charge in [-0.05, 0) is 48.7 Å². The first-order valence-corrected chi connectivity index (χ1v) is 11.9. The molecule has 1 fully saturated rings. The standard InChI is InChI=1S/C29H27NO5/c1-34-25-14-12-17(16-26(25)35-2)19-7-5-6-10-24(19)30-29(33)18-11-13-22-23(15-18)28(32)21-9-4-3-8-20(21)27(22)31/h3-4,8-9,11-16,19,24H,5-7,10H2,1-2H3,(H,30,33)/t19-,24-/m1/s1. The molecular formula is C29H27NO5. The predicted octanol–water partition coefficient (Wildman–Crippen LogP) is 4.94. The van der Waals surface area contributed by atoms with E-state index < -0.39 is 0 Å². The van der Waals surface area contributed by atoms with E-state index in [0.717, 1.165) is 31.2 Å². The number of amides is 1. The number of fused-ring (bicyclic) bond motifs is 2. The third kappa shape index (κ3) is 4.09. The van der Waals surface area contributed by atoms with E-state index >= 15 is 0 Å². The molecule has 1 saturated carbocycles. The van der Waals surface area contributed by atoms with Crippen LogP contribution >= 0.6 is 0 Å². The molecule has 0 aliphatic heterocycles. The van der Waals surface area contributed by atoms with E-state index in [9.17, 15) is 14.4 Å². The van der Waals surface area contributed by atoms with Crippen LogP contribution in [-0.2, 0) is 0 Å². The molecule has 178 valence electrons. The van der Waals surface area contributed by atoms with E-state index in [0.29, 0.717) is 33.8 Å². The van der Waals surface area contributed by atoms with Crippen LogP contribution in [0.5, 0.6) is 11.5 Å². The van der Waals surface area contributed by atoms with Crippen LogP contribution in [-0.4, -0.2) is 37.7 Å². The van der Waals surface area contributed by atoms with Crippen LogP contribution in [0.4, 0.5) is 0 Å². The SMILES string of the molecule is COc1ccc([C@H]2CCCC[C@H]2NC(=O)c2ccc3c(c2)C(=O)c2ccccc2C3=O)cc1OC. The van der Waals surface area contributed by atoms with Crippen molar-refractivity contribution in [2.75, 3.05) is 14.2 Å². The minimum absolute atomic E-state index is 0.0524. The number of nitrogens with one attached hydrogen (secondary N) is 1. The number of hydrogen-bond donors (Lipinski definition) is 1. The highest BCUT2D eigenvalue weighted by atomic mass is 16.5. The topological polar surface area (TPSA) is 81.7 Å². The van der Waals surface area contributed by atoms with Crippen molar-refractivity contribution in [1.29, 1.82) is 0 Å². The molecule has 6 nitrogen and oxygen atoms in total. The molecule has 0 unspecified atom stereocenters. The Bertz CT molecular complexity index is 1330. The first-order valence-electron chi connectivity index (χ1n) is 11.9. The minimum atomic E-state index is -0.246. The average molecular weight is 470 g/mol. The number of hydrogen-bond acceptors (Lipinski definition) is 5. The van der Waals surface area contributed by atoms with Crippen molar-refractivity contribution in [3.63, 3.8) is 0 Å². The molecular weight excluding hydrogens is 442 g/mol. The Labute approximate surface area is 204 Å². The highest BCUT2D eigenvalue weighted by Gasteiger charge is 2.32. The van der Waals surface area contributed by atoms with Crippen LogP contribution in [0.15, 0.2) is 60.7 Å². The molecule has 2 atom stereocenters. The smallest absolute Gasteiger partial charge is 0.251 e. The van der Waals surface area contributed by atoms with Crippen molar-refractivity contribution in [2.45, 2.75) is 37.6 Å². The molecule has 1 N–H and O–H groups in total. The Morgan fingerprint density at radius 3 is 2.14 bits per heavy atom. The van der Waals surface area contributed by atoms with Gasteiger partial charge in [-0.25, -0.2) is 0 Å². The summed E-state index contributed by atoms with van der Waals surface area (Å²) >= 11 is 0. The summed E-state index contributed by atoms with van der Waals surface area (Å²) in [6, 6.07) is 17.4. The van der Waals surface area contributed by atoms with Crippen LogP contribution in [0, 0.1) is 0 Å². The summed E-state index contributed by atoms with van der Waals surface area (Å²) in [6.45, 7) is 0. The fraction of sp³-hybridized carbons (Fsp3) is 0.276. The van der Waals surface area contributed by atoms with Crippen LogP contribution < -0.4 is 14.8 Å². The lowest BCUT2D eigenvalue weighted by atomic mass is 9.79. The second-order valence-corrected chi connectivity index (χ2v) is 9.05. The number of carbonyl (C=O) groups excluding carboxylic acids is 3. The maximum atomic E-state index is 13.3. The number of ether oxygens (including phenoxy) is 2. The van der Waals surface area contributed by atoms with Gasteiger partial charge in [-0.2, -0.15) is 0 Å². The van der Waals surface area contributed by atoms with Gasteiger partial charge < -0.3 is 14.8 Å². The first kappa shape index (κ1) is 22.8. The average Bonchev–Trinajstić information content (AvgIpc) is 2.91. The quantitative estimate of drug-likeness (QED) is 0.448. The van der Waals surface area contributed by atoms with Crippen molar-refractivity contribution in [3.8, 4) is 11.5 Å². The summed E-state index contributed by atoms with van der Waals surface area (Å²) in [5.41, 5.74) is 2.87. The van der Waals surface area contributed by atoms with Crippen molar-refractivity contribution in [1.82, 2.24) is 5.32 Å². The fourth-order valence-corrected chi connectivity index (χ4v) is 5.28. The van der Waals surface area contributed by atoms with Crippen molar-refractivity contribution in [2.24, 2.45) is 0 Å². The Hall–Kier alpha value is -3.93. The maximum Gasteiger partial charge on any atom is 0.251 e. The molecule has 3 aromatic carbocycles. The Morgan fingerprint density at radius 1 is 0.771 bits per heavy atom. The van der Waals surface area contributed by atoms with Crippen molar-refractivity contribution in [3.05, 3.63) is 94.0 Å². The lowest BCUT2D eigenvalue weighted by molar-refractivity contribution is 0.0919. The summed E-state index contributed by atoms with van der Waals surface area (Å²) in [5.74, 6) is 0.805. The number of benzene rings is 3. The van der Waals surface area contributed by atoms with Gasteiger partial charge in [-0.15, -0.1) is 0 Å². The molecule has 2 aliphatic rings. The molecule has 2 aliphatic carbocycles. The molecule has 0 bridgehead atoms. The molecule has 0 spiro atoms. The molecule has 1 amide bonds. The zero-order valence-corrected chi connectivity index (χ0v) is 19.8. The van der Waals surface area contributed by atoms with E-state index in [1.807, 2.05) is 18.2 Å². The van der Waals surface area contributed by atoms with E-state index in [1.54, 1.807) is 56.7 Å². The molecule has 0 aromatic heterocycles. The summed E-state index contributed by atoms with van der Waals surface area (Å²) in [6.07, 6.45) is 3.93. The number of ketones is 2. The van der Waals surface area contributed by atoms with Gasteiger partial charge >= 0.3 is 0 Å². The summed E-state index contributed by atoms with van der Waals surface area (Å²) in [7, 11) is 3.22. The van der Waals surface area contributed by atoms with Gasteiger partial charge in [0.1, 0.15) is 0 Å². The third-order valence-corrected chi connectivity index (χ3v) is 7.11. The van der Waals surface area contributed by atoms with Gasteiger partial charge in [0.2, 0.25) is 0 Å². The zero-order chi connectivity index (χ0) is 24.5. The van der Waals surface area contributed by atoms with E-state index in [2.05, 4.69) is 5.32 Å². The molecule has 0 heterocycles. The number of methoxy groups -OCH3 is 2. The first-order chi connectivity index (χ1) is 17.0. The Kier molecular flexibility index (Phi) is 6.12. The normalized spacial score (nSPS) is 18.9. The molecule has 5 rings (SSSR count). The number of carbonyl (C=O) groups is 3. The van der Waals surface area contributed by atoms with E-state index in [4.69, 9.17) is 9.47 Å².